The molecule has 0 heterocycles. The fourth-order valence-corrected chi connectivity index (χ4v) is 2.70. The number of rotatable bonds is 4. The number of carbonyl (C=O) groups excluding carboxylic acids is 1. The minimum Gasteiger partial charge on any atom is -0.497 e. The summed E-state index contributed by atoms with van der Waals surface area (Å²) in [5.74, 6) is -0.558. The van der Waals surface area contributed by atoms with Gasteiger partial charge in [-0.05, 0) is 45.7 Å². The van der Waals surface area contributed by atoms with Gasteiger partial charge in [0.2, 0.25) is 0 Å². The van der Waals surface area contributed by atoms with Gasteiger partial charge >= 0.3 is 0 Å². The highest BCUT2D eigenvalue weighted by atomic mass is 19.1. The molecule has 144 valence electrons. The van der Waals surface area contributed by atoms with Crippen LogP contribution in [0.3, 0.4) is 0 Å². The molecule has 0 aliphatic heterocycles. The molecule has 0 unspecified atom stereocenters. The first-order chi connectivity index (χ1) is 12.4. The van der Waals surface area contributed by atoms with Crippen LogP contribution in [-0.2, 0) is 10.8 Å². The Morgan fingerprint density at radius 1 is 0.926 bits per heavy atom. The van der Waals surface area contributed by atoms with Crippen molar-refractivity contribution in [2.45, 2.75) is 52.4 Å². The minimum absolute atomic E-state index is 0.00402. The van der Waals surface area contributed by atoms with E-state index in [2.05, 4.69) is 59.7 Å². The molecule has 2 aromatic rings. The van der Waals surface area contributed by atoms with Crippen molar-refractivity contribution < 1.29 is 13.9 Å². The van der Waals surface area contributed by atoms with E-state index in [1.54, 1.807) is 12.1 Å². The number of ether oxygens (including phenoxy) is 1. The molecule has 0 saturated carbocycles. The van der Waals surface area contributed by atoms with Crippen LogP contribution in [0.1, 0.15) is 68.6 Å². The normalized spacial score (nSPS) is 12.4. The molecule has 0 aromatic heterocycles. The molecular weight excluding hydrogens is 339 g/mol. The van der Waals surface area contributed by atoms with Crippen LogP contribution < -0.4 is 4.74 Å². The van der Waals surface area contributed by atoms with Gasteiger partial charge in [0.05, 0.1) is 12.7 Å². The summed E-state index contributed by atoms with van der Waals surface area (Å²) in [7, 11) is 1.46. The number of methoxy groups -OCH3 is 1. The van der Waals surface area contributed by atoms with Crippen LogP contribution in [0.2, 0.25) is 0 Å². The average Bonchev–Trinajstić information content (AvgIpc) is 2.57. The number of benzene rings is 2. The Morgan fingerprint density at radius 3 is 1.93 bits per heavy atom. The second kappa shape index (κ2) is 7.67. The smallest absolute Gasteiger partial charge is 0.188 e. The van der Waals surface area contributed by atoms with Crippen molar-refractivity contribution in [3.8, 4) is 5.75 Å². The van der Waals surface area contributed by atoms with E-state index in [1.807, 2.05) is 0 Å². The lowest BCUT2D eigenvalue weighted by Crippen LogP contribution is -2.16. The third-order valence-corrected chi connectivity index (χ3v) is 4.56. The predicted molar refractivity (Wildman–Crippen MR) is 110 cm³/mol. The third-order valence-electron chi connectivity index (χ3n) is 4.56. The monoisotopic (exact) mass is 368 g/mol. The summed E-state index contributed by atoms with van der Waals surface area (Å²) in [5, 5.41) is 0. The van der Waals surface area contributed by atoms with Gasteiger partial charge in [-0.25, -0.2) is 4.39 Å². The zero-order valence-corrected chi connectivity index (χ0v) is 17.3. The molecule has 0 spiro atoms. The van der Waals surface area contributed by atoms with E-state index in [1.165, 1.54) is 36.4 Å². The summed E-state index contributed by atoms with van der Waals surface area (Å²) >= 11 is 0. The van der Waals surface area contributed by atoms with Gasteiger partial charge in [0, 0.05) is 6.07 Å². The maximum absolute atomic E-state index is 14.1. The molecule has 0 N–H and O–H groups in total. The van der Waals surface area contributed by atoms with Crippen molar-refractivity contribution in [2.24, 2.45) is 0 Å². The lowest BCUT2D eigenvalue weighted by atomic mass is 9.79. The molecule has 0 fully saturated rings. The molecule has 2 aromatic carbocycles. The predicted octanol–water partition coefficient (Wildman–Crippen LogP) is 6.33. The van der Waals surface area contributed by atoms with Crippen molar-refractivity contribution in [1.82, 2.24) is 0 Å². The fraction of sp³-hybridized carbons (Fsp3) is 0.375. The van der Waals surface area contributed by atoms with E-state index in [0.717, 1.165) is 5.56 Å². The van der Waals surface area contributed by atoms with Crippen LogP contribution in [0.5, 0.6) is 5.75 Å². The van der Waals surface area contributed by atoms with Gasteiger partial charge in [0.15, 0.2) is 5.78 Å². The third kappa shape index (κ3) is 5.29. The number of carbonyl (C=O) groups is 1. The summed E-state index contributed by atoms with van der Waals surface area (Å²) < 4.78 is 19.1. The summed E-state index contributed by atoms with van der Waals surface area (Å²) in [6.07, 6.45) is 3.19. The standard InChI is InChI=1S/C24H29FO2/c1-23(2,3)17-12-16(13-18(14-17)24(4,5)6)8-11-22(26)20-10-9-19(27-7)15-21(20)25/h8-15H,1-7H3/b11-8+. The van der Waals surface area contributed by atoms with Crippen molar-refractivity contribution >= 4 is 11.9 Å². The van der Waals surface area contributed by atoms with Crippen LogP contribution in [0, 0.1) is 5.82 Å². The van der Waals surface area contributed by atoms with Gasteiger partial charge in [-0.15, -0.1) is 0 Å². The number of halogens is 1. The second-order valence-corrected chi connectivity index (χ2v) is 8.89. The molecule has 0 aliphatic rings. The average molecular weight is 368 g/mol. The molecule has 27 heavy (non-hydrogen) atoms. The lowest BCUT2D eigenvalue weighted by molar-refractivity contribution is 0.104. The van der Waals surface area contributed by atoms with E-state index in [9.17, 15) is 9.18 Å². The zero-order valence-electron chi connectivity index (χ0n) is 17.3. The lowest BCUT2D eigenvalue weighted by Gasteiger charge is -2.25. The van der Waals surface area contributed by atoms with Crippen molar-refractivity contribution in [1.29, 1.82) is 0 Å². The number of hydrogen-bond acceptors (Lipinski definition) is 2. The summed E-state index contributed by atoms with van der Waals surface area (Å²) in [6, 6.07) is 10.7. The maximum atomic E-state index is 14.1. The van der Waals surface area contributed by atoms with Crippen molar-refractivity contribution in [2.75, 3.05) is 7.11 Å². The van der Waals surface area contributed by atoms with Crippen LogP contribution in [0.15, 0.2) is 42.5 Å². The Bertz CT molecular complexity index is 833. The molecule has 3 heteroatoms. The van der Waals surface area contributed by atoms with Gasteiger partial charge in [-0.2, -0.15) is 0 Å². The van der Waals surface area contributed by atoms with Crippen molar-refractivity contribution in [3.63, 3.8) is 0 Å². The summed E-state index contributed by atoms with van der Waals surface area (Å²) in [4.78, 5) is 12.4. The Labute approximate surface area is 162 Å². The SMILES string of the molecule is COc1ccc(C(=O)/C=C/c2cc(C(C)(C)C)cc(C(C)(C)C)c2)c(F)c1. The second-order valence-electron chi connectivity index (χ2n) is 8.89. The first-order valence-electron chi connectivity index (χ1n) is 9.14. The molecule has 0 amide bonds. The Hall–Kier alpha value is -2.42. The summed E-state index contributed by atoms with van der Waals surface area (Å²) in [5.41, 5.74) is 3.38. The quantitative estimate of drug-likeness (QED) is 0.466. The number of ketones is 1. The summed E-state index contributed by atoms with van der Waals surface area (Å²) in [6.45, 7) is 13.0. The highest BCUT2D eigenvalue weighted by Crippen LogP contribution is 2.30. The minimum atomic E-state index is -0.581. The molecule has 0 saturated heterocycles. The van der Waals surface area contributed by atoms with Gasteiger partial charge in [0.25, 0.3) is 0 Å². The van der Waals surface area contributed by atoms with E-state index in [0.29, 0.717) is 5.75 Å². The molecule has 0 atom stereocenters. The maximum Gasteiger partial charge on any atom is 0.188 e. The van der Waals surface area contributed by atoms with E-state index in [4.69, 9.17) is 4.74 Å². The molecule has 2 rings (SSSR count). The van der Waals surface area contributed by atoms with Gasteiger partial charge < -0.3 is 4.74 Å². The van der Waals surface area contributed by atoms with Crippen LogP contribution >= 0.6 is 0 Å². The first-order valence-corrected chi connectivity index (χ1v) is 9.14. The van der Waals surface area contributed by atoms with E-state index in [-0.39, 0.29) is 22.2 Å². The zero-order chi connectivity index (χ0) is 20.4. The number of allylic oxidation sites excluding steroid dienone is 1. The molecular formula is C24H29FO2. The Morgan fingerprint density at radius 2 is 1.48 bits per heavy atom. The van der Waals surface area contributed by atoms with Gasteiger partial charge in [-0.3, -0.25) is 4.79 Å². The molecule has 0 bridgehead atoms. The van der Waals surface area contributed by atoms with Crippen LogP contribution in [0.25, 0.3) is 6.08 Å². The highest BCUT2D eigenvalue weighted by molar-refractivity contribution is 6.07. The topological polar surface area (TPSA) is 26.3 Å². The fourth-order valence-electron chi connectivity index (χ4n) is 2.70. The van der Waals surface area contributed by atoms with Crippen LogP contribution in [-0.4, -0.2) is 12.9 Å². The Balaban J connectivity index is 2.39. The molecule has 0 aliphatic carbocycles. The van der Waals surface area contributed by atoms with Crippen LogP contribution in [0.4, 0.5) is 4.39 Å². The van der Waals surface area contributed by atoms with Crippen molar-refractivity contribution in [3.05, 3.63) is 70.5 Å². The van der Waals surface area contributed by atoms with Gasteiger partial charge in [0.1, 0.15) is 11.6 Å². The highest BCUT2D eigenvalue weighted by Gasteiger charge is 2.20. The molecule has 0 radical (unpaired) electrons. The number of hydrogen-bond donors (Lipinski definition) is 0. The first kappa shape index (κ1) is 20.9. The van der Waals surface area contributed by atoms with E-state index < -0.39 is 5.82 Å². The van der Waals surface area contributed by atoms with Gasteiger partial charge in [-0.1, -0.05) is 65.8 Å². The van der Waals surface area contributed by atoms with E-state index >= 15 is 0 Å². The Kier molecular flexibility index (Phi) is 5.94. The largest absolute Gasteiger partial charge is 0.497 e. The molecule has 2 nitrogen and oxygen atoms in total.